The van der Waals surface area contributed by atoms with E-state index in [1.807, 2.05) is 6.07 Å². The predicted molar refractivity (Wildman–Crippen MR) is 122 cm³/mol. The van der Waals surface area contributed by atoms with Crippen molar-refractivity contribution in [3.63, 3.8) is 0 Å². The summed E-state index contributed by atoms with van der Waals surface area (Å²) >= 11 is 0. The number of benzene rings is 3. The molecule has 0 unspecified atom stereocenters. The van der Waals surface area contributed by atoms with Gasteiger partial charge in [0.05, 0.1) is 13.2 Å². The number of fused-ring (bicyclic) bond motifs is 1. The second-order valence-corrected chi connectivity index (χ2v) is 8.59. The Labute approximate surface area is 196 Å². The van der Waals surface area contributed by atoms with Crippen LogP contribution in [0.5, 0.6) is 0 Å². The van der Waals surface area contributed by atoms with Crippen LogP contribution < -0.4 is 0 Å². The van der Waals surface area contributed by atoms with Crippen molar-refractivity contribution in [2.24, 2.45) is 0 Å². The molecule has 0 aromatic heterocycles. The molecule has 3 aromatic rings. The normalized spacial score (nSPS) is 18.5. The maximum absolute atomic E-state index is 15.1. The second kappa shape index (κ2) is 11.3. The van der Waals surface area contributed by atoms with E-state index in [1.54, 1.807) is 24.3 Å². The molecule has 0 spiro atoms. The third-order valence-corrected chi connectivity index (χ3v) is 6.03. The van der Waals surface area contributed by atoms with Crippen molar-refractivity contribution < 1.29 is 31.8 Å². The zero-order valence-electron chi connectivity index (χ0n) is 19.1. The lowest BCUT2D eigenvalue weighted by molar-refractivity contribution is -0.230. The first-order valence-corrected chi connectivity index (χ1v) is 11.7. The summed E-state index contributed by atoms with van der Waals surface area (Å²) in [5.41, 5.74) is 1.48. The van der Waals surface area contributed by atoms with Crippen molar-refractivity contribution in [2.75, 3.05) is 19.8 Å². The van der Waals surface area contributed by atoms with Gasteiger partial charge in [0, 0.05) is 17.6 Å². The maximum Gasteiger partial charge on any atom is 0.194 e. The van der Waals surface area contributed by atoms with Crippen LogP contribution in [-0.4, -0.2) is 25.9 Å². The molecule has 7 heteroatoms. The van der Waals surface area contributed by atoms with E-state index in [0.29, 0.717) is 36.2 Å². The number of hydrogen-bond donors (Lipinski definition) is 0. The standard InChI is InChI=1S/C27H28F4O3/c1-2-3-4-11-32-21-15-33-27(34-16-21)20-9-10-22-19(14-20)8-7-18(25(22)30)6-5-17-12-23(28)26(31)24(29)13-17/h7-10,12-14,21,27H,2-6,11,15-16H2,1H3. The summed E-state index contributed by atoms with van der Waals surface area (Å²) in [5, 5.41) is 1.13. The molecule has 4 rings (SSSR count). The smallest absolute Gasteiger partial charge is 0.194 e. The first kappa shape index (κ1) is 24.6. The van der Waals surface area contributed by atoms with Gasteiger partial charge < -0.3 is 14.2 Å². The number of aryl methyl sites for hydroxylation is 2. The Morgan fingerprint density at radius 2 is 1.59 bits per heavy atom. The second-order valence-electron chi connectivity index (χ2n) is 8.59. The molecule has 0 radical (unpaired) electrons. The quantitative estimate of drug-likeness (QED) is 0.193. The molecule has 1 aliphatic heterocycles. The first-order valence-electron chi connectivity index (χ1n) is 11.7. The topological polar surface area (TPSA) is 27.7 Å². The Bertz CT molecular complexity index is 1100. The zero-order chi connectivity index (χ0) is 24.1. The number of ether oxygens (including phenoxy) is 3. The molecule has 0 aliphatic carbocycles. The number of halogens is 4. The molecule has 34 heavy (non-hydrogen) atoms. The third-order valence-electron chi connectivity index (χ3n) is 6.03. The Morgan fingerprint density at radius 3 is 2.29 bits per heavy atom. The summed E-state index contributed by atoms with van der Waals surface area (Å²) in [4.78, 5) is 0. The highest BCUT2D eigenvalue weighted by molar-refractivity contribution is 5.84. The summed E-state index contributed by atoms with van der Waals surface area (Å²) in [6.07, 6.45) is 3.08. The summed E-state index contributed by atoms with van der Waals surface area (Å²) < 4.78 is 72.5. The molecule has 0 saturated carbocycles. The molecule has 0 amide bonds. The van der Waals surface area contributed by atoms with Crippen LogP contribution in [0.3, 0.4) is 0 Å². The van der Waals surface area contributed by atoms with Gasteiger partial charge in [-0.05, 0) is 54.0 Å². The molecular weight excluding hydrogens is 448 g/mol. The minimum absolute atomic E-state index is 0.0865. The molecule has 0 N–H and O–H groups in total. The monoisotopic (exact) mass is 476 g/mol. The van der Waals surface area contributed by atoms with E-state index in [9.17, 15) is 13.2 Å². The lowest BCUT2D eigenvalue weighted by atomic mass is 9.98. The van der Waals surface area contributed by atoms with E-state index in [0.717, 1.165) is 37.0 Å². The lowest BCUT2D eigenvalue weighted by Crippen LogP contribution is -2.33. The van der Waals surface area contributed by atoms with Crippen LogP contribution in [0.15, 0.2) is 42.5 Å². The van der Waals surface area contributed by atoms with Crippen LogP contribution in [-0.2, 0) is 27.1 Å². The molecule has 1 heterocycles. The molecule has 1 saturated heterocycles. The zero-order valence-corrected chi connectivity index (χ0v) is 19.1. The van der Waals surface area contributed by atoms with Crippen molar-refractivity contribution in [3.05, 3.63) is 82.4 Å². The Kier molecular flexibility index (Phi) is 8.19. The highest BCUT2D eigenvalue weighted by Gasteiger charge is 2.24. The van der Waals surface area contributed by atoms with Crippen LogP contribution in [0.25, 0.3) is 10.8 Å². The minimum atomic E-state index is -1.50. The summed E-state index contributed by atoms with van der Waals surface area (Å²) in [6, 6.07) is 10.6. The van der Waals surface area contributed by atoms with Gasteiger partial charge in [0.1, 0.15) is 11.9 Å². The van der Waals surface area contributed by atoms with Crippen molar-refractivity contribution in [1.29, 1.82) is 0 Å². The Morgan fingerprint density at radius 1 is 0.853 bits per heavy atom. The fourth-order valence-corrected chi connectivity index (χ4v) is 4.10. The highest BCUT2D eigenvalue weighted by atomic mass is 19.2. The lowest BCUT2D eigenvalue weighted by Gasteiger charge is -2.29. The third kappa shape index (κ3) is 5.77. The van der Waals surface area contributed by atoms with Gasteiger partial charge >= 0.3 is 0 Å². The van der Waals surface area contributed by atoms with Crippen LogP contribution in [0.2, 0.25) is 0 Å². The molecule has 0 bridgehead atoms. The van der Waals surface area contributed by atoms with Crippen molar-refractivity contribution >= 4 is 10.8 Å². The maximum atomic E-state index is 15.1. The van der Waals surface area contributed by atoms with Crippen LogP contribution >= 0.6 is 0 Å². The summed E-state index contributed by atoms with van der Waals surface area (Å²) in [6.45, 7) is 3.71. The molecule has 1 aliphatic rings. The average molecular weight is 477 g/mol. The van der Waals surface area contributed by atoms with Crippen molar-refractivity contribution in [2.45, 2.75) is 51.4 Å². The van der Waals surface area contributed by atoms with Crippen LogP contribution in [0.4, 0.5) is 17.6 Å². The van der Waals surface area contributed by atoms with Crippen LogP contribution in [0, 0.1) is 23.3 Å². The molecule has 1 fully saturated rings. The fraction of sp³-hybridized carbons (Fsp3) is 0.407. The van der Waals surface area contributed by atoms with E-state index < -0.39 is 29.6 Å². The van der Waals surface area contributed by atoms with Gasteiger partial charge in [-0.3, -0.25) is 0 Å². The molecule has 182 valence electrons. The predicted octanol–water partition coefficient (Wildman–Crippen LogP) is 6.80. The van der Waals surface area contributed by atoms with Gasteiger partial charge in [-0.2, -0.15) is 0 Å². The van der Waals surface area contributed by atoms with Gasteiger partial charge in [0.25, 0.3) is 0 Å². The Hall–Kier alpha value is -2.48. The van der Waals surface area contributed by atoms with Crippen LogP contribution in [0.1, 0.15) is 49.2 Å². The summed E-state index contributed by atoms with van der Waals surface area (Å²) in [5.74, 6) is -4.39. The van der Waals surface area contributed by atoms with E-state index in [4.69, 9.17) is 14.2 Å². The highest BCUT2D eigenvalue weighted by Crippen LogP contribution is 2.29. The minimum Gasteiger partial charge on any atom is -0.373 e. The van der Waals surface area contributed by atoms with E-state index in [-0.39, 0.29) is 24.5 Å². The fourth-order valence-electron chi connectivity index (χ4n) is 4.10. The molecule has 3 aromatic carbocycles. The van der Waals surface area contributed by atoms with Gasteiger partial charge in [-0.15, -0.1) is 0 Å². The molecular formula is C27H28F4O3. The van der Waals surface area contributed by atoms with Gasteiger partial charge in [-0.25, -0.2) is 17.6 Å². The largest absolute Gasteiger partial charge is 0.373 e. The number of unbranched alkanes of at least 4 members (excludes halogenated alkanes) is 2. The van der Waals surface area contributed by atoms with E-state index >= 15 is 4.39 Å². The van der Waals surface area contributed by atoms with Gasteiger partial charge in [-0.1, -0.05) is 44.0 Å². The van der Waals surface area contributed by atoms with Gasteiger partial charge in [0.15, 0.2) is 23.7 Å². The van der Waals surface area contributed by atoms with E-state index in [2.05, 4.69) is 6.92 Å². The molecule has 3 nitrogen and oxygen atoms in total. The van der Waals surface area contributed by atoms with Gasteiger partial charge in [0.2, 0.25) is 0 Å². The average Bonchev–Trinajstić information content (AvgIpc) is 2.85. The number of hydrogen-bond acceptors (Lipinski definition) is 3. The summed E-state index contributed by atoms with van der Waals surface area (Å²) in [7, 11) is 0. The Balaban J connectivity index is 1.39. The van der Waals surface area contributed by atoms with Crippen molar-refractivity contribution in [1.82, 2.24) is 0 Å². The van der Waals surface area contributed by atoms with Crippen molar-refractivity contribution in [3.8, 4) is 0 Å². The first-order chi connectivity index (χ1) is 16.5. The molecule has 0 atom stereocenters. The SMILES string of the molecule is CCCCCOC1COC(c2ccc3c(F)c(CCc4cc(F)c(F)c(F)c4)ccc3c2)OC1. The number of rotatable bonds is 9. The van der Waals surface area contributed by atoms with E-state index in [1.165, 1.54) is 0 Å².